The largest absolute Gasteiger partial charge is 0.370 e. The summed E-state index contributed by atoms with van der Waals surface area (Å²) < 4.78 is 5.21. The van der Waals surface area contributed by atoms with E-state index in [1.807, 2.05) is 0 Å². The summed E-state index contributed by atoms with van der Waals surface area (Å²) in [6, 6.07) is 0. The molecule has 0 unspecified atom stereocenters. The van der Waals surface area contributed by atoms with E-state index in [1.54, 1.807) is 28.5 Å². The second kappa shape index (κ2) is 10.3. The molecule has 0 saturated heterocycles. The van der Waals surface area contributed by atoms with Gasteiger partial charge in [0, 0.05) is 25.6 Å². The molecule has 0 heterocycles. The molecule has 6 heteroatoms. The SMILES string of the molecule is CC(=O)CCOCSSCCNC(C)=O. The Kier molecular flexibility index (Phi) is 10.2. The van der Waals surface area contributed by atoms with Crippen molar-refractivity contribution in [1.82, 2.24) is 5.32 Å². The van der Waals surface area contributed by atoms with Gasteiger partial charge in [-0.1, -0.05) is 21.6 Å². The Morgan fingerprint density at radius 3 is 2.60 bits per heavy atom. The van der Waals surface area contributed by atoms with E-state index in [4.69, 9.17) is 4.74 Å². The van der Waals surface area contributed by atoms with Gasteiger partial charge >= 0.3 is 0 Å². The van der Waals surface area contributed by atoms with E-state index in [2.05, 4.69) is 5.32 Å². The second-order valence-electron chi connectivity index (χ2n) is 2.90. The third-order valence-corrected chi connectivity index (χ3v) is 3.46. The van der Waals surface area contributed by atoms with Crippen molar-refractivity contribution in [2.45, 2.75) is 20.3 Å². The van der Waals surface area contributed by atoms with Crippen LogP contribution in [0.15, 0.2) is 0 Å². The molecule has 15 heavy (non-hydrogen) atoms. The van der Waals surface area contributed by atoms with Crippen molar-refractivity contribution in [3.05, 3.63) is 0 Å². The molecule has 0 fully saturated rings. The lowest BCUT2D eigenvalue weighted by atomic mass is 10.3. The minimum absolute atomic E-state index is 0.00157. The fourth-order valence-corrected chi connectivity index (χ4v) is 2.24. The van der Waals surface area contributed by atoms with Gasteiger partial charge in [-0.05, 0) is 6.92 Å². The molecular formula is C9H17NO3S2. The predicted molar refractivity (Wildman–Crippen MR) is 64.8 cm³/mol. The number of ether oxygens (including phenoxy) is 1. The topological polar surface area (TPSA) is 55.4 Å². The smallest absolute Gasteiger partial charge is 0.216 e. The van der Waals surface area contributed by atoms with E-state index in [-0.39, 0.29) is 11.7 Å². The molecule has 0 atom stereocenters. The quantitative estimate of drug-likeness (QED) is 0.382. The van der Waals surface area contributed by atoms with Crippen LogP contribution in [0, 0.1) is 0 Å². The van der Waals surface area contributed by atoms with Crippen LogP contribution in [0.2, 0.25) is 0 Å². The van der Waals surface area contributed by atoms with Gasteiger partial charge in [-0.25, -0.2) is 0 Å². The van der Waals surface area contributed by atoms with Crippen LogP contribution in [0.5, 0.6) is 0 Å². The second-order valence-corrected chi connectivity index (χ2v) is 5.43. The lowest BCUT2D eigenvalue weighted by Gasteiger charge is -2.03. The van der Waals surface area contributed by atoms with Gasteiger partial charge in [-0.15, -0.1) is 0 Å². The van der Waals surface area contributed by atoms with Crippen LogP contribution in [0.3, 0.4) is 0 Å². The summed E-state index contributed by atoms with van der Waals surface area (Å²) in [6.45, 7) is 4.23. The van der Waals surface area contributed by atoms with E-state index in [0.29, 0.717) is 25.5 Å². The number of hydrogen-bond donors (Lipinski definition) is 1. The number of Topliss-reactive ketones (excluding diaryl/α,β-unsaturated/α-hetero) is 1. The first kappa shape index (κ1) is 14.8. The van der Waals surface area contributed by atoms with Gasteiger partial charge in [-0.2, -0.15) is 0 Å². The van der Waals surface area contributed by atoms with Crippen molar-refractivity contribution in [3.8, 4) is 0 Å². The van der Waals surface area contributed by atoms with Crippen molar-refractivity contribution in [2.75, 3.05) is 24.8 Å². The summed E-state index contributed by atoms with van der Waals surface area (Å²) in [4.78, 5) is 21.0. The molecule has 0 aromatic carbocycles. The summed E-state index contributed by atoms with van der Waals surface area (Å²) in [7, 11) is 3.23. The number of amides is 1. The Labute approximate surface area is 98.3 Å². The Balaban J connectivity index is 2.99. The summed E-state index contributed by atoms with van der Waals surface area (Å²) in [5.41, 5.74) is 0. The van der Waals surface area contributed by atoms with Crippen molar-refractivity contribution >= 4 is 33.3 Å². The predicted octanol–water partition coefficient (Wildman–Crippen LogP) is 1.46. The van der Waals surface area contributed by atoms with E-state index >= 15 is 0 Å². The minimum atomic E-state index is -0.00157. The molecule has 88 valence electrons. The lowest BCUT2D eigenvalue weighted by Crippen LogP contribution is -2.22. The Morgan fingerprint density at radius 2 is 2.00 bits per heavy atom. The molecule has 1 N–H and O–H groups in total. The van der Waals surface area contributed by atoms with Gasteiger partial charge in [0.2, 0.25) is 5.91 Å². The fourth-order valence-electron chi connectivity index (χ4n) is 0.671. The monoisotopic (exact) mass is 251 g/mol. The number of carbonyl (C=O) groups is 2. The average Bonchev–Trinajstić information content (AvgIpc) is 2.14. The lowest BCUT2D eigenvalue weighted by molar-refractivity contribution is -0.119. The van der Waals surface area contributed by atoms with Crippen LogP contribution in [-0.2, 0) is 14.3 Å². The minimum Gasteiger partial charge on any atom is -0.370 e. The maximum absolute atomic E-state index is 10.5. The van der Waals surface area contributed by atoms with Crippen LogP contribution in [0.1, 0.15) is 20.3 Å². The van der Waals surface area contributed by atoms with E-state index < -0.39 is 0 Å². The van der Waals surface area contributed by atoms with Gasteiger partial charge < -0.3 is 10.1 Å². The zero-order chi connectivity index (χ0) is 11.5. The molecular weight excluding hydrogens is 234 g/mol. The number of hydrogen-bond acceptors (Lipinski definition) is 5. The zero-order valence-corrected chi connectivity index (χ0v) is 10.7. The molecule has 0 aromatic rings. The third kappa shape index (κ3) is 13.8. The molecule has 0 rings (SSSR count). The van der Waals surface area contributed by atoms with Gasteiger partial charge in [0.25, 0.3) is 0 Å². The van der Waals surface area contributed by atoms with Gasteiger partial charge in [0.05, 0.1) is 6.61 Å². The van der Waals surface area contributed by atoms with Crippen molar-refractivity contribution in [2.24, 2.45) is 0 Å². The number of carbonyl (C=O) groups excluding carboxylic acids is 2. The molecule has 0 radical (unpaired) electrons. The maximum atomic E-state index is 10.5. The normalized spacial score (nSPS) is 10.0. The molecule has 0 saturated carbocycles. The average molecular weight is 251 g/mol. The summed E-state index contributed by atoms with van der Waals surface area (Å²) in [5, 5.41) is 2.70. The van der Waals surface area contributed by atoms with Gasteiger partial charge in [0.15, 0.2) is 0 Å². The van der Waals surface area contributed by atoms with Crippen LogP contribution in [0.25, 0.3) is 0 Å². The standard InChI is InChI=1S/C9H17NO3S2/c1-8(11)3-5-13-7-15-14-6-4-10-9(2)12/h3-7H2,1-2H3,(H,10,12). The summed E-state index contributed by atoms with van der Waals surface area (Å²) >= 11 is 0. The number of ketones is 1. The highest BCUT2D eigenvalue weighted by Crippen LogP contribution is 2.20. The van der Waals surface area contributed by atoms with Crippen LogP contribution in [0.4, 0.5) is 0 Å². The first-order valence-corrected chi connectivity index (χ1v) is 7.17. The van der Waals surface area contributed by atoms with E-state index in [0.717, 1.165) is 5.75 Å². The van der Waals surface area contributed by atoms with Crippen molar-refractivity contribution in [1.29, 1.82) is 0 Å². The number of rotatable bonds is 9. The molecule has 0 aromatic heterocycles. The molecule has 0 spiro atoms. The fraction of sp³-hybridized carbons (Fsp3) is 0.778. The highest BCUT2D eigenvalue weighted by molar-refractivity contribution is 8.76. The number of nitrogens with one attached hydrogen (secondary N) is 1. The molecule has 0 aliphatic rings. The van der Waals surface area contributed by atoms with E-state index in [9.17, 15) is 9.59 Å². The Bertz CT molecular complexity index is 180. The van der Waals surface area contributed by atoms with Gasteiger partial charge in [-0.3, -0.25) is 9.59 Å². The molecule has 0 aliphatic heterocycles. The highest BCUT2D eigenvalue weighted by Gasteiger charge is 1.95. The third-order valence-electron chi connectivity index (χ3n) is 1.37. The molecule has 4 nitrogen and oxygen atoms in total. The highest BCUT2D eigenvalue weighted by atomic mass is 33.1. The Hall–Kier alpha value is -0.200. The van der Waals surface area contributed by atoms with E-state index in [1.165, 1.54) is 6.92 Å². The van der Waals surface area contributed by atoms with Crippen LogP contribution >= 0.6 is 21.6 Å². The summed E-state index contributed by atoms with van der Waals surface area (Å²) in [5.74, 6) is 1.59. The molecule has 1 amide bonds. The Morgan fingerprint density at radius 1 is 1.27 bits per heavy atom. The van der Waals surface area contributed by atoms with Crippen LogP contribution in [-0.4, -0.2) is 36.5 Å². The zero-order valence-electron chi connectivity index (χ0n) is 9.08. The maximum Gasteiger partial charge on any atom is 0.216 e. The first-order chi connectivity index (χ1) is 7.13. The van der Waals surface area contributed by atoms with Gasteiger partial charge in [0.1, 0.15) is 11.7 Å². The van der Waals surface area contributed by atoms with Crippen molar-refractivity contribution < 1.29 is 14.3 Å². The first-order valence-electron chi connectivity index (χ1n) is 4.69. The van der Waals surface area contributed by atoms with Crippen LogP contribution < -0.4 is 5.32 Å². The molecule has 0 bridgehead atoms. The van der Waals surface area contributed by atoms with Crippen molar-refractivity contribution in [3.63, 3.8) is 0 Å². The molecule has 0 aliphatic carbocycles. The summed E-state index contributed by atoms with van der Waals surface area (Å²) in [6.07, 6.45) is 0.483.